The molecule has 0 spiro atoms. The number of halogens is 2. The third-order valence-electron chi connectivity index (χ3n) is 3.52. The number of methoxy groups -OCH3 is 1. The Balaban J connectivity index is 2.24. The van der Waals surface area contributed by atoms with Crippen LogP contribution in [0.1, 0.15) is 10.4 Å². The number of hydrogen-bond donors (Lipinski definition) is 0. The molecule has 0 bridgehead atoms. The Labute approximate surface area is 136 Å². The van der Waals surface area contributed by atoms with Crippen molar-refractivity contribution in [3.05, 3.63) is 48.1 Å². The second-order valence-corrected chi connectivity index (χ2v) is 5.33. The summed E-state index contributed by atoms with van der Waals surface area (Å²) in [7, 11) is 4.69. The van der Waals surface area contributed by atoms with Crippen molar-refractivity contribution in [2.24, 2.45) is 0 Å². The van der Waals surface area contributed by atoms with Crippen LogP contribution in [0.2, 0.25) is 0 Å². The smallest absolute Gasteiger partial charge is 0.258 e. The van der Waals surface area contributed by atoms with Crippen LogP contribution in [0.15, 0.2) is 30.6 Å². The van der Waals surface area contributed by atoms with Gasteiger partial charge in [0.25, 0.3) is 5.91 Å². The molecule has 0 aliphatic rings. The number of hydrogen-bond acceptors (Lipinski definition) is 4. The normalized spacial score (nSPS) is 10.9. The maximum absolute atomic E-state index is 13.4. The fourth-order valence-electron chi connectivity index (χ4n) is 2.40. The SMILES string of the molecule is COc1cc2ncc(-c3cc(F)nc(F)c3)n2cc1C(=O)N(C)C. The molecule has 0 aliphatic carbocycles. The van der Waals surface area contributed by atoms with Gasteiger partial charge >= 0.3 is 0 Å². The predicted octanol–water partition coefficient (Wildman–Crippen LogP) is 2.38. The zero-order chi connectivity index (χ0) is 17.4. The molecule has 3 heterocycles. The van der Waals surface area contributed by atoms with Gasteiger partial charge in [0.1, 0.15) is 11.4 Å². The predicted molar refractivity (Wildman–Crippen MR) is 82.9 cm³/mol. The van der Waals surface area contributed by atoms with Crippen molar-refractivity contribution in [3.63, 3.8) is 0 Å². The average molecular weight is 332 g/mol. The van der Waals surface area contributed by atoms with Crippen molar-refractivity contribution in [1.29, 1.82) is 0 Å². The van der Waals surface area contributed by atoms with Crippen LogP contribution in [0.4, 0.5) is 8.78 Å². The Morgan fingerprint density at radius 3 is 2.46 bits per heavy atom. The number of rotatable bonds is 3. The van der Waals surface area contributed by atoms with Crippen LogP contribution in [0.3, 0.4) is 0 Å². The third kappa shape index (κ3) is 2.66. The highest BCUT2D eigenvalue weighted by Crippen LogP contribution is 2.27. The van der Waals surface area contributed by atoms with E-state index in [9.17, 15) is 13.6 Å². The zero-order valence-corrected chi connectivity index (χ0v) is 13.2. The van der Waals surface area contributed by atoms with Gasteiger partial charge in [0.15, 0.2) is 0 Å². The lowest BCUT2D eigenvalue weighted by Gasteiger charge is -2.14. The summed E-state index contributed by atoms with van der Waals surface area (Å²) < 4.78 is 33.6. The summed E-state index contributed by atoms with van der Waals surface area (Å²) in [5.74, 6) is -1.76. The van der Waals surface area contributed by atoms with Gasteiger partial charge in [0.2, 0.25) is 11.9 Å². The Morgan fingerprint density at radius 1 is 1.21 bits per heavy atom. The van der Waals surface area contributed by atoms with Gasteiger partial charge in [-0.25, -0.2) is 4.98 Å². The number of aromatic nitrogens is 3. The minimum atomic E-state index is -0.932. The first-order valence-electron chi connectivity index (χ1n) is 7.01. The number of ether oxygens (including phenoxy) is 1. The molecule has 0 saturated carbocycles. The number of nitrogens with zero attached hydrogens (tertiary/aromatic N) is 4. The summed E-state index contributed by atoms with van der Waals surface area (Å²) in [6, 6.07) is 3.79. The van der Waals surface area contributed by atoms with Gasteiger partial charge in [-0.05, 0) is 0 Å². The number of carbonyl (C=O) groups is 1. The van der Waals surface area contributed by atoms with Gasteiger partial charge < -0.3 is 9.64 Å². The minimum Gasteiger partial charge on any atom is -0.496 e. The summed E-state index contributed by atoms with van der Waals surface area (Å²) in [6.07, 6.45) is 3.00. The quantitative estimate of drug-likeness (QED) is 0.691. The number of fused-ring (bicyclic) bond motifs is 1. The Kier molecular flexibility index (Phi) is 3.88. The van der Waals surface area contributed by atoms with Crippen molar-refractivity contribution in [2.75, 3.05) is 21.2 Å². The van der Waals surface area contributed by atoms with Crippen LogP contribution >= 0.6 is 0 Å². The van der Waals surface area contributed by atoms with Crippen molar-refractivity contribution in [1.82, 2.24) is 19.3 Å². The topological polar surface area (TPSA) is 59.7 Å². The lowest BCUT2D eigenvalue weighted by atomic mass is 10.2. The molecule has 0 fully saturated rings. The van der Waals surface area contributed by atoms with E-state index >= 15 is 0 Å². The molecule has 3 aromatic rings. The average Bonchev–Trinajstić information content (AvgIpc) is 2.94. The molecule has 3 rings (SSSR count). The number of amides is 1. The molecule has 1 amide bonds. The third-order valence-corrected chi connectivity index (χ3v) is 3.52. The fraction of sp³-hybridized carbons (Fsp3) is 0.188. The Hall–Kier alpha value is -3.03. The van der Waals surface area contributed by atoms with Crippen molar-refractivity contribution in [2.45, 2.75) is 0 Å². The van der Waals surface area contributed by atoms with E-state index in [0.717, 1.165) is 12.1 Å². The van der Waals surface area contributed by atoms with E-state index in [0.29, 0.717) is 22.7 Å². The standard InChI is InChI=1S/C16H14F2N4O2/c1-21(2)16(23)10-8-22-11(7-19-15(22)6-12(10)24-3)9-4-13(17)20-14(18)5-9/h4-8H,1-3H3. The molecule has 0 unspecified atom stereocenters. The largest absolute Gasteiger partial charge is 0.496 e. The molecule has 0 N–H and O–H groups in total. The highest BCUT2D eigenvalue weighted by molar-refractivity contribution is 5.97. The van der Waals surface area contributed by atoms with E-state index in [-0.39, 0.29) is 11.5 Å². The number of pyridine rings is 2. The summed E-state index contributed by atoms with van der Waals surface area (Å²) in [5.41, 5.74) is 1.49. The molecule has 6 nitrogen and oxygen atoms in total. The highest BCUT2D eigenvalue weighted by atomic mass is 19.1. The van der Waals surface area contributed by atoms with Gasteiger partial charge in [0, 0.05) is 44.1 Å². The first-order valence-corrected chi connectivity index (χ1v) is 7.01. The lowest BCUT2D eigenvalue weighted by Crippen LogP contribution is -2.22. The van der Waals surface area contributed by atoms with E-state index in [4.69, 9.17) is 4.74 Å². The van der Waals surface area contributed by atoms with Gasteiger partial charge in [0.05, 0.1) is 24.6 Å². The number of carbonyl (C=O) groups excluding carboxylic acids is 1. The summed E-state index contributed by atoms with van der Waals surface area (Å²) in [5, 5.41) is 0. The van der Waals surface area contributed by atoms with E-state index < -0.39 is 11.9 Å². The van der Waals surface area contributed by atoms with E-state index in [1.54, 1.807) is 24.6 Å². The second-order valence-electron chi connectivity index (χ2n) is 5.33. The van der Waals surface area contributed by atoms with Crippen LogP contribution in [-0.2, 0) is 0 Å². The number of imidazole rings is 1. The lowest BCUT2D eigenvalue weighted by molar-refractivity contribution is 0.0824. The van der Waals surface area contributed by atoms with E-state index in [1.807, 2.05) is 0 Å². The molecule has 24 heavy (non-hydrogen) atoms. The molecule has 0 aromatic carbocycles. The molecule has 0 radical (unpaired) electrons. The Bertz CT molecular complexity index is 917. The molecule has 124 valence electrons. The van der Waals surface area contributed by atoms with Gasteiger partial charge in [-0.1, -0.05) is 0 Å². The van der Waals surface area contributed by atoms with Crippen LogP contribution in [-0.4, -0.2) is 46.4 Å². The summed E-state index contributed by atoms with van der Waals surface area (Å²) >= 11 is 0. The van der Waals surface area contributed by atoms with Crippen LogP contribution < -0.4 is 4.74 Å². The van der Waals surface area contributed by atoms with Crippen molar-refractivity contribution in [3.8, 4) is 17.0 Å². The van der Waals surface area contributed by atoms with Crippen molar-refractivity contribution < 1.29 is 18.3 Å². The molecule has 0 aliphatic heterocycles. The summed E-state index contributed by atoms with van der Waals surface area (Å²) in [6.45, 7) is 0. The molecule has 0 saturated heterocycles. The van der Waals surface area contributed by atoms with E-state index in [2.05, 4.69) is 9.97 Å². The van der Waals surface area contributed by atoms with Crippen LogP contribution in [0, 0.1) is 11.9 Å². The molecule has 3 aromatic heterocycles. The first kappa shape index (κ1) is 15.9. The molecular formula is C16H14F2N4O2. The van der Waals surface area contributed by atoms with Crippen LogP contribution in [0.5, 0.6) is 5.75 Å². The Morgan fingerprint density at radius 2 is 1.88 bits per heavy atom. The monoisotopic (exact) mass is 332 g/mol. The fourth-order valence-corrected chi connectivity index (χ4v) is 2.40. The van der Waals surface area contributed by atoms with Crippen molar-refractivity contribution >= 4 is 11.6 Å². The minimum absolute atomic E-state index is 0.263. The zero-order valence-electron chi connectivity index (χ0n) is 13.2. The molecule has 0 atom stereocenters. The molecule has 8 heteroatoms. The first-order chi connectivity index (χ1) is 11.4. The van der Waals surface area contributed by atoms with Crippen LogP contribution in [0.25, 0.3) is 16.9 Å². The van der Waals surface area contributed by atoms with Gasteiger partial charge in [-0.3, -0.25) is 9.20 Å². The summed E-state index contributed by atoms with van der Waals surface area (Å²) in [4.78, 5) is 21.0. The second kappa shape index (κ2) is 5.88. The molecular weight excluding hydrogens is 318 g/mol. The van der Waals surface area contributed by atoms with Gasteiger partial charge in [-0.15, -0.1) is 0 Å². The van der Waals surface area contributed by atoms with E-state index in [1.165, 1.54) is 24.4 Å². The highest BCUT2D eigenvalue weighted by Gasteiger charge is 2.18. The van der Waals surface area contributed by atoms with Gasteiger partial charge in [-0.2, -0.15) is 13.8 Å². The maximum Gasteiger partial charge on any atom is 0.258 e. The maximum atomic E-state index is 13.4.